The Morgan fingerprint density at radius 2 is 1.69 bits per heavy atom. The van der Waals surface area contributed by atoms with Crippen molar-refractivity contribution < 1.29 is 12.3 Å². The summed E-state index contributed by atoms with van der Waals surface area (Å²) in [6.45, 7) is 5.51. The first-order valence-corrected chi connectivity index (χ1v) is 10.9. The van der Waals surface area contributed by atoms with Crippen LogP contribution in [0.25, 0.3) is 17.0 Å². The maximum atomic E-state index is 5.80. The minimum atomic E-state index is 0. The SMILES string of the molecule is C=Cc1c(CC(NCOCCOc2ccccc2)c2ccccc2)ccc2cccnc12.[HH].[HH]. The number of nitrogens with zero attached hydrogens (tertiary/aromatic N) is 1. The summed E-state index contributed by atoms with van der Waals surface area (Å²) in [5.41, 5.74) is 4.50. The molecule has 0 bridgehead atoms. The molecule has 166 valence electrons. The van der Waals surface area contributed by atoms with E-state index in [-0.39, 0.29) is 8.90 Å². The van der Waals surface area contributed by atoms with Crippen molar-refractivity contribution in [2.24, 2.45) is 0 Å². The summed E-state index contributed by atoms with van der Waals surface area (Å²) in [6, 6.07) is 28.7. The smallest absolute Gasteiger partial charge is 0.119 e. The van der Waals surface area contributed by atoms with Crippen LogP contribution in [0.15, 0.2) is 97.7 Å². The standard InChI is InChI=1S/C28H28N2O2.2H2/c1-2-26-24(16-15-23-12-9-17-29-28(23)26)20-27(22-10-5-3-6-11-22)30-21-31-18-19-32-25-13-7-4-8-14-25;;/h2-17,27,30H,1,18-21H2;2*1H. The quantitative estimate of drug-likeness (QED) is 0.225. The summed E-state index contributed by atoms with van der Waals surface area (Å²) in [6.07, 6.45) is 4.54. The second-order valence-corrected chi connectivity index (χ2v) is 7.50. The fourth-order valence-corrected chi connectivity index (χ4v) is 3.80. The van der Waals surface area contributed by atoms with Crippen molar-refractivity contribution in [3.05, 3.63) is 114 Å². The molecule has 0 fully saturated rings. The number of nitrogens with one attached hydrogen (secondary N) is 1. The van der Waals surface area contributed by atoms with E-state index < -0.39 is 0 Å². The van der Waals surface area contributed by atoms with E-state index in [1.54, 1.807) is 0 Å². The molecule has 3 aromatic carbocycles. The summed E-state index contributed by atoms with van der Waals surface area (Å²) in [7, 11) is 0. The number of hydrogen-bond acceptors (Lipinski definition) is 4. The van der Waals surface area contributed by atoms with Gasteiger partial charge in [-0.2, -0.15) is 0 Å². The molecular weight excluding hydrogens is 396 g/mol. The van der Waals surface area contributed by atoms with E-state index in [0.29, 0.717) is 19.9 Å². The highest BCUT2D eigenvalue weighted by Gasteiger charge is 2.15. The lowest BCUT2D eigenvalue weighted by atomic mass is 9.94. The molecular formula is C28H32N2O2. The molecule has 4 aromatic rings. The second kappa shape index (κ2) is 11.2. The van der Waals surface area contributed by atoms with Crippen molar-refractivity contribution in [1.29, 1.82) is 0 Å². The van der Waals surface area contributed by atoms with E-state index in [4.69, 9.17) is 9.47 Å². The number of rotatable bonds is 11. The first kappa shape index (κ1) is 21.8. The van der Waals surface area contributed by atoms with Crippen molar-refractivity contribution in [3.8, 4) is 5.75 Å². The third kappa shape index (κ3) is 5.61. The van der Waals surface area contributed by atoms with Gasteiger partial charge in [-0.1, -0.05) is 79.4 Å². The van der Waals surface area contributed by atoms with Gasteiger partial charge in [0, 0.05) is 26.0 Å². The van der Waals surface area contributed by atoms with Gasteiger partial charge in [0.05, 0.1) is 18.9 Å². The molecule has 0 amide bonds. The molecule has 0 aliphatic rings. The maximum Gasteiger partial charge on any atom is 0.119 e. The van der Waals surface area contributed by atoms with Crippen LogP contribution in [0.3, 0.4) is 0 Å². The van der Waals surface area contributed by atoms with Gasteiger partial charge in [0.25, 0.3) is 0 Å². The Morgan fingerprint density at radius 3 is 2.47 bits per heavy atom. The van der Waals surface area contributed by atoms with Crippen LogP contribution >= 0.6 is 0 Å². The Kier molecular flexibility index (Phi) is 7.64. The van der Waals surface area contributed by atoms with Gasteiger partial charge in [-0.05, 0) is 35.7 Å². The Hall–Kier alpha value is -3.47. The number of aromatic nitrogens is 1. The molecule has 4 heteroatoms. The number of ether oxygens (including phenoxy) is 2. The second-order valence-electron chi connectivity index (χ2n) is 7.50. The van der Waals surface area contributed by atoms with Crippen LogP contribution in [-0.4, -0.2) is 24.9 Å². The van der Waals surface area contributed by atoms with E-state index in [0.717, 1.165) is 28.6 Å². The van der Waals surface area contributed by atoms with Crippen LogP contribution < -0.4 is 10.1 Å². The van der Waals surface area contributed by atoms with Crippen LogP contribution in [0.1, 0.15) is 25.6 Å². The highest BCUT2D eigenvalue weighted by atomic mass is 16.5. The van der Waals surface area contributed by atoms with E-state index in [2.05, 4.69) is 59.3 Å². The summed E-state index contributed by atoms with van der Waals surface area (Å²) >= 11 is 0. The minimum Gasteiger partial charge on any atom is -0.491 e. The zero-order valence-electron chi connectivity index (χ0n) is 18.1. The van der Waals surface area contributed by atoms with E-state index in [1.165, 1.54) is 11.1 Å². The number of fused-ring (bicyclic) bond motifs is 1. The lowest BCUT2D eigenvalue weighted by molar-refractivity contribution is 0.0804. The lowest BCUT2D eigenvalue weighted by Crippen LogP contribution is -2.27. The molecule has 0 aliphatic heterocycles. The fourth-order valence-electron chi connectivity index (χ4n) is 3.80. The molecule has 1 unspecified atom stereocenters. The number of benzene rings is 3. The minimum absolute atomic E-state index is 0. The molecule has 4 rings (SSSR count). The number of hydrogen-bond donors (Lipinski definition) is 1. The zero-order valence-corrected chi connectivity index (χ0v) is 18.1. The van der Waals surface area contributed by atoms with Crippen LogP contribution in [0.2, 0.25) is 0 Å². The predicted octanol–water partition coefficient (Wildman–Crippen LogP) is 6.30. The molecule has 1 N–H and O–H groups in total. The topological polar surface area (TPSA) is 43.4 Å². The molecule has 0 saturated carbocycles. The summed E-state index contributed by atoms with van der Waals surface area (Å²) < 4.78 is 11.5. The van der Waals surface area contributed by atoms with Gasteiger partial charge in [0.1, 0.15) is 12.4 Å². The largest absolute Gasteiger partial charge is 0.491 e. The molecule has 0 radical (unpaired) electrons. The predicted molar refractivity (Wildman–Crippen MR) is 135 cm³/mol. The van der Waals surface area contributed by atoms with Crippen molar-refractivity contribution in [1.82, 2.24) is 10.3 Å². The van der Waals surface area contributed by atoms with Crippen LogP contribution in [0.4, 0.5) is 0 Å². The maximum absolute atomic E-state index is 5.80. The molecule has 0 spiro atoms. The first-order chi connectivity index (χ1) is 15.8. The summed E-state index contributed by atoms with van der Waals surface area (Å²) in [5.74, 6) is 0.855. The van der Waals surface area contributed by atoms with Gasteiger partial charge in [0.15, 0.2) is 0 Å². The average molecular weight is 429 g/mol. The van der Waals surface area contributed by atoms with Gasteiger partial charge in [-0.3, -0.25) is 10.3 Å². The van der Waals surface area contributed by atoms with Crippen LogP contribution in [0, 0.1) is 0 Å². The zero-order chi connectivity index (χ0) is 22.0. The van der Waals surface area contributed by atoms with Crippen molar-refractivity contribution in [2.75, 3.05) is 19.9 Å². The van der Waals surface area contributed by atoms with Crippen molar-refractivity contribution >= 4 is 17.0 Å². The Balaban J connectivity index is 0.00000204. The fraction of sp³-hybridized carbons (Fsp3) is 0.179. The molecule has 1 aromatic heterocycles. The van der Waals surface area contributed by atoms with Gasteiger partial charge in [-0.15, -0.1) is 0 Å². The Labute approximate surface area is 192 Å². The van der Waals surface area contributed by atoms with Gasteiger partial charge < -0.3 is 9.47 Å². The van der Waals surface area contributed by atoms with Crippen LogP contribution in [-0.2, 0) is 11.2 Å². The number of para-hydroxylation sites is 1. The Morgan fingerprint density at radius 1 is 0.906 bits per heavy atom. The van der Waals surface area contributed by atoms with Crippen LogP contribution in [0.5, 0.6) is 5.75 Å². The third-order valence-corrected chi connectivity index (χ3v) is 5.41. The van der Waals surface area contributed by atoms with E-state index in [1.807, 2.05) is 54.7 Å². The highest BCUT2D eigenvalue weighted by molar-refractivity contribution is 5.88. The average Bonchev–Trinajstić information content (AvgIpc) is 2.86. The van der Waals surface area contributed by atoms with Gasteiger partial charge >= 0.3 is 0 Å². The first-order valence-electron chi connectivity index (χ1n) is 10.9. The highest BCUT2D eigenvalue weighted by Crippen LogP contribution is 2.26. The monoisotopic (exact) mass is 428 g/mol. The Bertz CT molecular complexity index is 1140. The van der Waals surface area contributed by atoms with Crippen molar-refractivity contribution in [3.63, 3.8) is 0 Å². The summed E-state index contributed by atoms with van der Waals surface area (Å²) in [4.78, 5) is 4.58. The third-order valence-electron chi connectivity index (χ3n) is 5.41. The molecule has 1 heterocycles. The lowest BCUT2D eigenvalue weighted by Gasteiger charge is -2.21. The van der Waals surface area contributed by atoms with Crippen molar-refractivity contribution in [2.45, 2.75) is 12.5 Å². The molecule has 4 nitrogen and oxygen atoms in total. The molecule has 32 heavy (non-hydrogen) atoms. The summed E-state index contributed by atoms with van der Waals surface area (Å²) in [5, 5.41) is 4.67. The normalized spacial score (nSPS) is 11.9. The molecule has 0 saturated heterocycles. The molecule has 1 atom stereocenters. The van der Waals surface area contributed by atoms with E-state index in [9.17, 15) is 0 Å². The van der Waals surface area contributed by atoms with Gasteiger partial charge in [-0.25, -0.2) is 0 Å². The van der Waals surface area contributed by atoms with Gasteiger partial charge in [0.2, 0.25) is 0 Å². The van der Waals surface area contributed by atoms with E-state index >= 15 is 0 Å². The number of pyridine rings is 1. The molecule has 0 aliphatic carbocycles.